The summed E-state index contributed by atoms with van der Waals surface area (Å²) in [5.41, 5.74) is 5.58. The van der Waals surface area contributed by atoms with E-state index in [1.807, 2.05) is 23.0 Å². The number of hydrogen-bond donors (Lipinski definition) is 1. The van der Waals surface area contributed by atoms with Crippen LogP contribution in [0.15, 0.2) is 18.5 Å². The molecule has 0 saturated carbocycles. The highest BCUT2D eigenvalue weighted by molar-refractivity contribution is 5.10. The Hall–Kier alpha value is -0.830. The van der Waals surface area contributed by atoms with Gasteiger partial charge in [-0.05, 0) is 44.9 Å². The van der Waals surface area contributed by atoms with E-state index < -0.39 is 5.67 Å². The molecule has 14 heavy (non-hydrogen) atoms. The van der Waals surface area contributed by atoms with Crippen LogP contribution in [0, 0.1) is 0 Å². The van der Waals surface area contributed by atoms with E-state index in [1.165, 1.54) is 5.56 Å². The molecule has 2 N–H and O–H groups in total. The predicted molar refractivity (Wildman–Crippen MR) is 57.0 cm³/mol. The van der Waals surface area contributed by atoms with Crippen LogP contribution in [0.4, 0.5) is 4.39 Å². The molecule has 0 fully saturated rings. The first-order valence-corrected chi connectivity index (χ1v) is 5.05. The number of aromatic nitrogens is 1. The summed E-state index contributed by atoms with van der Waals surface area (Å²) in [6.45, 7) is 4.61. The average molecular weight is 198 g/mol. The molecule has 0 atom stereocenters. The molecule has 1 heterocycles. The van der Waals surface area contributed by atoms with Crippen molar-refractivity contribution in [3.05, 3.63) is 24.0 Å². The third-order valence-electron chi connectivity index (χ3n) is 2.21. The van der Waals surface area contributed by atoms with Crippen molar-refractivity contribution in [2.75, 3.05) is 6.54 Å². The minimum absolute atomic E-state index is 0.545. The third-order valence-corrected chi connectivity index (χ3v) is 2.21. The van der Waals surface area contributed by atoms with Crippen LogP contribution < -0.4 is 5.73 Å². The second kappa shape index (κ2) is 4.60. The SMILES string of the molecule is CC(C)(F)CCn1ccc(CCN)c1. The number of rotatable bonds is 5. The molecule has 3 heteroatoms. The summed E-state index contributed by atoms with van der Waals surface area (Å²) < 4.78 is 15.2. The van der Waals surface area contributed by atoms with E-state index in [2.05, 4.69) is 0 Å². The third kappa shape index (κ3) is 3.92. The Morgan fingerprint density at radius 1 is 1.50 bits per heavy atom. The van der Waals surface area contributed by atoms with Gasteiger partial charge in [0.1, 0.15) is 5.67 Å². The van der Waals surface area contributed by atoms with Gasteiger partial charge in [0.2, 0.25) is 0 Å². The van der Waals surface area contributed by atoms with Crippen LogP contribution in [0.3, 0.4) is 0 Å². The summed E-state index contributed by atoms with van der Waals surface area (Å²) in [7, 11) is 0. The first-order chi connectivity index (χ1) is 6.51. The van der Waals surface area contributed by atoms with E-state index in [0.717, 1.165) is 13.0 Å². The molecular formula is C11H19FN2. The molecule has 1 rings (SSSR count). The number of halogens is 1. The number of aryl methyl sites for hydroxylation is 1. The van der Waals surface area contributed by atoms with E-state index in [0.29, 0.717) is 13.0 Å². The van der Waals surface area contributed by atoms with Gasteiger partial charge in [-0.3, -0.25) is 0 Å². The van der Waals surface area contributed by atoms with E-state index in [1.54, 1.807) is 13.8 Å². The summed E-state index contributed by atoms with van der Waals surface area (Å²) in [6.07, 6.45) is 5.46. The Bertz CT molecular complexity index is 273. The van der Waals surface area contributed by atoms with Crippen molar-refractivity contribution in [3.8, 4) is 0 Å². The molecule has 0 saturated heterocycles. The second-order valence-corrected chi connectivity index (χ2v) is 4.26. The fourth-order valence-corrected chi connectivity index (χ4v) is 1.34. The molecule has 0 aliphatic rings. The lowest BCUT2D eigenvalue weighted by Crippen LogP contribution is -2.14. The number of alkyl halides is 1. The van der Waals surface area contributed by atoms with Crippen molar-refractivity contribution in [1.82, 2.24) is 4.57 Å². The van der Waals surface area contributed by atoms with Gasteiger partial charge >= 0.3 is 0 Å². The van der Waals surface area contributed by atoms with Gasteiger partial charge in [0.05, 0.1) is 0 Å². The highest BCUT2D eigenvalue weighted by Gasteiger charge is 2.14. The van der Waals surface area contributed by atoms with E-state index in [9.17, 15) is 4.39 Å². The van der Waals surface area contributed by atoms with Gasteiger partial charge in [-0.2, -0.15) is 0 Å². The van der Waals surface area contributed by atoms with Crippen LogP contribution >= 0.6 is 0 Å². The lowest BCUT2D eigenvalue weighted by molar-refractivity contribution is 0.192. The fourth-order valence-electron chi connectivity index (χ4n) is 1.34. The highest BCUT2D eigenvalue weighted by atomic mass is 19.1. The number of nitrogens with zero attached hydrogens (tertiary/aromatic N) is 1. The molecule has 0 aromatic carbocycles. The molecule has 2 nitrogen and oxygen atoms in total. The largest absolute Gasteiger partial charge is 0.354 e. The normalized spacial score (nSPS) is 12.0. The van der Waals surface area contributed by atoms with Crippen LogP contribution in [0.25, 0.3) is 0 Å². The average Bonchev–Trinajstić information content (AvgIpc) is 2.49. The molecule has 1 aromatic heterocycles. The molecule has 0 unspecified atom stereocenters. The van der Waals surface area contributed by atoms with Gasteiger partial charge < -0.3 is 10.3 Å². The first-order valence-electron chi connectivity index (χ1n) is 5.05. The van der Waals surface area contributed by atoms with Crippen molar-refractivity contribution < 1.29 is 4.39 Å². The maximum atomic E-state index is 13.2. The topological polar surface area (TPSA) is 30.9 Å². The predicted octanol–water partition coefficient (Wildman–Crippen LogP) is 2.13. The zero-order chi connectivity index (χ0) is 10.6. The molecule has 0 radical (unpaired) electrons. The Morgan fingerprint density at radius 3 is 2.79 bits per heavy atom. The molecule has 0 amide bonds. The van der Waals surface area contributed by atoms with Crippen LogP contribution in [0.1, 0.15) is 25.8 Å². The lowest BCUT2D eigenvalue weighted by Gasteiger charge is -2.13. The maximum Gasteiger partial charge on any atom is 0.107 e. The number of nitrogens with two attached hydrogens (primary N) is 1. The van der Waals surface area contributed by atoms with Gasteiger partial charge in [0.25, 0.3) is 0 Å². The van der Waals surface area contributed by atoms with Crippen molar-refractivity contribution in [1.29, 1.82) is 0 Å². The molecule has 0 aliphatic heterocycles. The summed E-state index contributed by atoms with van der Waals surface area (Å²) in [5, 5.41) is 0. The molecular weight excluding hydrogens is 179 g/mol. The monoisotopic (exact) mass is 198 g/mol. The smallest absolute Gasteiger partial charge is 0.107 e. The van der Waals surface area contributed by atoms with Gasteiger partial charge in [-0.15, -0.1) is 0 Å². The molecule has 1 aromatic rings. The molecule has 0 spiro atoms. The van der Waals surface area contributed by atoms with Gasteiger partial charge in [-0.25, -0.2) is 4.39 Å². The quantitative estimate of drug-likeness (QED) is 0.772. The Morgan fingerprint density at radius 2 is 2.21 bits per heavy atom. The van der Waals surface area contributed by atoms with Crippen molar-refractivity contribution in [2.24, 2.45) is 5.73 Å². The highest BCUT2D eigenvalue weighted by Crippen LogP contribution is 2.15. The van der Waals surface area contributed by atoms with Gasteiger partial charge in [0, 0.05) is 18.9 Å². The zero-order valence-corrected chi connectivity index (χ0v) is 8.96. The molecule has 80 valence electrons. The summed E-state index contributed by atoms with van der Waals surface area (Å²) in [5.74, 6) is 0. The van der Waals surface area contributed by atoms with Gasteiger partial charge in [0.15, 0.2) is 0 Å². The minimum Gasteiger partial charge on any atom is -0.354 e. The Balaban J connectivity index is 2.44. The second-order valence-electron chi connectivity index (χ2n) is 4.26. The number of hydrogen-bond acceptors (Lipinski definition) is 1. The van der Waals surface area contributed by atoms with Crippen LogP contribution in [-0.2, 0) is 13.0 Å². The lowest BCUT2D eigenvalue weighted by atomic mass is 10.1. The van der Waals surface area contributed by atoms with Crippen LogP contribution in [-0.4, -0.2) is 16.8 Å². The maximum absolute atomic E-state index is 13.2. The van der Waals surface area contributed by atoms with Crippen molar-refractivity contribution in [2.45, 2.75) is 38.9 Å². The Labute approximate surface area is 84.9 Å². The minimum atomic E-state index is -1.09. The van der Waals surface area contributed by atoms with E-state index in [-0.39, 0.29) is 0 Å². The van der Waals surface area contributed by atoms with Crippen LogP contribution in [0.2, 0.25) is 0 Å². The summed E-state index contributed by atoms with van der Waals surface area (Å²) in [6, 6.07) is 2.04. The van der Waals surface area contributed by atoms with E-state index >= 15 is 0 Å². The van der Waals surface area contributed by atoms with E-state index in [4.69, 9.17) is 5.73 Å². The van der Waals surface area contributed by atoms with Crippen molar-refractivity contribution in [3.63, 3.8) is 0 Å². The standard InChI is InChI=1S/C11H19FN2/c1-11(2,12)5-8-14-7-4-10(9-14)3-6-13/h4,7,9H,3,5-6,8,13H2,1-2H3. The summed E-state index contributed by atoms with van der Waals surface area (Å²) in [4.78, 5) is 0. The zero-order valence-electron chi connectivity index (χ0n) is 8.96. The molecule has 0 aliphatic carbocycles. The first kappa shape index (κ1) is 11.2. The molecule has 0 bridgehead atoms. The fraction of sp³-hybridized carbons (Fsp3) is 0.636. The summed E-state index contributed by atoms with van der Waals surface area (Å²) >= 11 is 0. The van der Waals surface area contributed by atoms with Gasteiger partial charge in [-0.1, -0.05) is 0 Å². The van der Waals surface area contributed by atoms with Crippen molar-refractivity contribution >= 4 is 0 Å². The van der Waals surface area contributed by atoms with Crippen LogP contribution in [0.5, 0.6) is 0 Å². The Kier molecular flexibility index (Phi) is 3.69.